The molecule has 26 heavy (non-hydrogen) atoms. The topological polar surface area (TPSA) is 60.2 Å². The van der Waals surface area contributed by atoms with E-state index in [0.717, 1.165) is 10.1 Å². The van der Waals surface area contributed by atoms with Crippen molar-refractivity contribution in [3.05, 3.63) is 47.5 Å². The molecule has 1 aromatic carbocycles. The first kappa shape index (κ1) is 18.4. The fourth-order valence-corrected chi connectivity index (χ4v) is 2.91. The second-order valence-corrected chi connectivity index (χ2v) is 6.32. The third-order valence-electron chi connectivity index (χ3n) is 4.24. The largest absolute Gasteiger partial charge is 0.461 e. The molecule has 1 aliphatic rings. The van der Waals surface area contributed by atoms with Gasteiger partial charge in [0, 0.05) is 19.6 Å². The summed E-state index contributed by atoms with van der Waals surface area (Å²) in [6, 6.07) is 9.35. The number of hydrogen-bond acceptors (Lipinski definition) is 5. The van der Waals surface area contributed by atoms with Crippen LogP contribution in [0.25, 0.3) is 0 Å². The summed E-state index contributed by atoms with van der Waals surface area (Å²) < 4.78 is 44.9. The number of rotatable bonds is 5. The summed E-state index contributed by atoms with van der Waals surface area (Å²) in [4.78, 5) is 14.0. The summed E-state index contributed by atoms with van der Waals surface area (Å²) >= 11 is 0. The van der Waals surface area contributed by atoms with Crippen LogP contribution < -0.4 is 0 Å². The van der Waals surface area contributed by atoms with Crippen molar-refractivity contribution in [2.24, 2.45) is 5.92 Å². The summed E-state index contributed by atoms with van der Waals surface area (Å²) in [6.07, 6.45) is -4.51. The minimum Gasteiger partial charge on any atom is -0.461 e. The molecule has 1 atom stereocenters. The minimum atomic E-state index is -4.51. The van der Waals surface area contributed by atoms with Crippen molar-refractivity contribution >= 4 is 5.97 Å². The second-order valence-electron chi connectivity index (χ2n) is 6.32. The Morgan fingerprint density at radius 2 is 1.96 bits per heavy atom. The molecule has 0 saturated carbocycles. The van der Waals surface area contributed by atoms with Gasteiger partial charge in [0.05, 0.1) is 12.5 Å². The molecule has 0 N–H and O–H groups in total. The van der Waals surface area contributed by atoms with Gasteiger partial charge in [-0.15, -0.1) is 10.2 Å². The van der Waals surface area contributed by atoms with Crippen LogP contribution in [0.5, 0.6) is 0 Å². The van der Waals surface area contributed by atoms with Crippen molar-refractivity contribution in [2.75, 3.05) is 13.1 Å². The number of ether oxygens (including phenoxy) is 1. The van der Waals surface area contributed by atoms with E-state index in [2.05, 4.69) is 10.2 Å². The molecule has 0 spiro atoms. The van der Waals surface area contributed by atoms with Crippen LogP contribution in [0.15, 0.2) is 30.3 Å². The maximum absolute atomic E-state index is 12.8. The Bertz CT molecular complexity index is 761. The molecular formula is C17H19F3N4O2. The summed E-state index contributed by atoms with van der Waals surface area (Å²) in [6.45, 7) is 3.09. The van der Waals surface area contributed by atoms with Gasteiger partial charge in [-0.3, -0.25) is 9.69 Å². The lowest BCUT2D eigenvalue weighted by Crippen LogP contribution is -2.39. The molecule has 140 valence electrons. The first-order valence-electron chi connectivity index (χ1n) is 8.27. The molecule has 0 aliphatic carbocycles. The van der Waals surface area contributed by atoms with E-state index in [9.17, 15) is 18.0 Å². The molecule has 1 aliphatic heterocycles. The van der Waals surface area contributed by atoms with Crippen LogP contribution in [0.4, 0.5) is 13.2 Å². The highest BCUT2D eigenvalue weighted by Gasteiger charge is 2.39. The molecule has 0 radical (unpaired) electrons. The van der Waals surface area contributed by atoms with E-state index in [1.165, 1.54) is 0 Å². The van der Waals surface area contributed by atoms with E-state index < -0.39 is 17.9 Å². The molecule has 0 fully saturated rings. The monoisotopic (exact) mass is 368 g/mol. The average Bonchev–Trinajstić information content (AvgIpc) is 3.04. The third kappa shape index (κ3) is 4.21. The van der Waals surface area contributed by atoms with Crippen LogP contribution in [0.1, 0.15) is 24.1 Å². The summed E-state index contributed by atoms with van der Waals surface area (Å²) in [5, 5.41) is 6.89. The van der Waals surface area contributed by atoms with Crippen molar-refractivity contribution in [2.45, 2.75) is 32.8 Å². The Balaban J connectivity index is 1.53. The predicted molar refractivity (Wildman–Crippen MR) is 85.7 cm³/mol. The highest BCUT2D eigenvalue weighted by atomic mass is 19.4. The smallest absolute Gasteiger partial charge is 0.451 e. The Hall–Kier alpha value is -2.42. The highest BCUT2D eigenvalue weighted by Crippen LogP contribution is 2.29. The van der Waals surface area contributed by atoms with E-state index in [0.29, 0.717) is 13.1 Å². The van der Waals surface area contributed by atoms with E-state index in [1.807, 2.05) is 35.2 Å². The number of benzene rings is 1. The van der Waals surface area contributed by atoms with Crippen LogP contribution in [0.2, 0.25) is 0 Å². The molecule has 0 saturated heterocycles. The van der Waals surface area contributed by atoms with Gasteiger partial charge in [0.2, 0.25) is 5.82 Å². The van der Waals surface area contributed by atoms with Crippen molar-refractivity contribution in [3.63, 3.8) is 0 Å². The number of halogens is 3. The summed E-state index contributed by atoms with van der Waals surface area (Å²) in [7, 11) is 0. The Kier molecular flexibility index (Phi) is 5.26. The van der Waals surface area contributed by atoms with E-state index >= 15 is 0 Å². The van der Waals surface area contributed by atoms with Gasteiger partial charge in [-0.05, 0) is 5.56 Å². The SMILES string of the molecule is CC(CN1CCn2c(nnc2C(F)(F)F)C1)C(=O)OCc1ccccc1. The van der Waals surface area contributed by atoms with Crippen molar-refractivity contribution in [3.8, 4) is 0 Å². The lowest BCUT2D eigenvalue weighted by Gasteiger charge is -2.29. The normalized spacial score (nSPS) is 16.2. The van der Waals surface area contributed by atoms with E-state index in [4.69, 9.17) is 4.74 Å². The van der Waals surface area contributed by atoms with Gasteiger partial charge in [0.25, 0.3) is 0 Å². The van der Waals surface area contributed by atoms with Gasteiger partial charge in [0.1, 0.15) is 12.4 Å². The second kappa shape index (κ2) is 7.45. The number of nitrogens with zero attached hydrogens (tertiary/aromatic N) is 4. The molecule has 6 nitrogen and oxygen atoms in total. The molecule has 2 heterocycles. The minimum absolute atomic E-state index is 0.142. The number of esters is 1. The Morgan fingerprint density at radius 1 is 1.23 bits per heavy atom. The zero-order valence-corrected chi connectivity index (χ0v) is 14.2. The number of hydrogen-bond donors (Lipinski definition) is 0. The molecule has 3 rings (SSSR count). The molecule has 2 aromatic rings. The van der Waals surface area contributed by atoms with Crippen LogP contribution in [-0.4, -0.2) is 38.7 Å². The Morgan fingerprint density at radius 3 is 2.65 bits per heavy atom. The summed E-state index contributed by atoms with van der Waals surface area (Å²) in [5.74, 6) is -1.44. The first-order valence-corrected chi connectivity index (χ1v) is 8.27. The zero-order chi connectivity index (χ0) is 18.7. The highest BCUT2D eigenvalue weighted by molar-refractivity contribution is 5.72. The van der Waals surface area contributed by atoms with Gasteiger partial charge >= 0.3 is 12.1 Å². The quantitative estimate of drug-likeness (QED) is 0.759. The van der Waals surface area contributed by atoms with E-state index in [1.54, 1.807) is 6.92 Å². The standard InChI is InChI=1S/C17H19F3N4O2/c1-12(15(25)26-11-13-5-3-2-4-6-13)9-23-7-8-24-14(10-23)21-22-16(24)17(18,19)20/h2-6,12H,7-11H2,1H3. The molecule has 1 aromatic heterocycles. The molecule has 9 heteroatoms. The molecule has 1 unspecified atom stereocenters. The van der Waals surface area contributed by atoms with Crippen LogP contribution >= 0.6 is 0 Å². The maximum Gasteiger partial charge on any atom is 0.451 e. The van der Waals surface area contributed by atoms with Gasteiger partial charge < -0.3 is 9.30 Å². The number of aromatic nitrogens is 3. The average molecular weight is 368 g/mol. The lowest BCUT2D eigenvalue weighted by atomic mass is 10.1. The van der Waals surface area contributed by atoms with Crippen LogP contribution in [0, 0.1) is 5.92 Å². The number of fused-ring (bicyclic) bond motifs is 1. The van der Waals surface area contributed by atoms with Crippen molar-refractivity contribution in [1.82, 2.24) is 19.7 Å². The number of carbonyl (C=O) groups is 1. The molecular weight excluding hydrogens is 349 g/mol. The molecule has 0 amide bonds. The fraction of sp³-hybridized carbons (Fsp3) is 0.471. The fourth-order valence-electron chi connectivity index (χ4n) is 2.91. The zero-order valence-electron chi connectivity index (χ0n) is 14.2. The van der Waals surface area contributed by atoms with Crippen molar-refractivity contribution < 1.29 is 22.7 Å². The van der Waals surface area contributed by atoms with Crippen LogP contribution in [0.3, 0.4) is 0 Å². The lowest BCUT2D eigenvalue weighted by molar-refractivity contribution is -0.150. The Labute approximate surface area is 148 Å². The number of alkyl halides is 3. The summed E-state index contributed by atoms with van der Waals surface area (Å²) in [5.41, 5.74) is 0.902. The molecule has 0 bridgehead atoms. The first-order chi connectivity index (χ1) is 12.3. The van der Waals surface area contributed by atoms with Gasteiger partial charge in [-0.2, -0.15) is 13.2 Å². The number of carbonyl (C=O) groups excluding carboxylic acids is 1. The van der Waals surface area contributed by atoms with Gasteiger partial charge in [-0.25, -0.2) is 0 Å². The maximum atomic E-state index is 12.8. The predicted octanol–water partition coefficient (Wildman–Crippen LogP) is 2.49. The van der Waals surface area contributed by atoms with Gasteiger partial charge in [0.15, 0.2) is 0 Å². The van der Waals surface area contributed by atoms with E-state index in [-0.39, 0.29) is 31.5 Å². The third-order valence-corrected chi connectivity index (χ3v) is 4.24. The van der Waals surface area contributed by atoms with Crippen molar-refractivity contribution in [1.29, 1.82) is 0 Å². The van der Waals surface area contributed by atoms with Crippen LogP contribution in [-0.2, 0) is 35.4 Å². The van der Waals surface area contributed by atoms with Gasteiger partial charge in [-0.1, -0.05) is 37.3 Å².